The van der Waals surface area contributed by atoms with Crippen LogP contribution < -0.4 is 25.0 Å². The fraction of sp³-hybridized carbons (Fsp3) is 0.200. The van der Waals surface area contributed by atoms with Gasteiger partial charge in [-0.25, -0.2) is 4.79 Å². The number of aryl methyl sites for hydroxylation is 1. The topological polar surface area (TPSA) is 79.9 Å². The lowest BCUT2D eigenvalue weighted by molar-refractivity contribution is -0.125. The molecule has 7 heteroatoms. The average molecular weight is 431 g/mol. The zero-order chi connectivity index (χ0) is 22.5. The van der Waals surface area contributed by atoms with Gasteiger partial charge >= 0.3 is 6.03 Å². The van der Waals surface area contributed by atoms with Crippen molar-refractivity contribution in [3.8, 4) is 11.5 Å². The van der Waals surface area contributed by atoms with Crippen LogP contribution in [-0.2, 0) is 4.79 Å². The molecule has 3 aromatic rings. The normalized spacial score (nSPS) is 14.9. The maximum Gasteiger partial charge on any atom is 0.323 e. The molecule has 0 aliphatic carbocycles. The Morgan fingerprint density at radius 1 is 1.00 bits per heavy atom. The highest BCUT2D eigenvalue weighted by Gasteiger charge is 2.31. The number of benzene rings is 3. The van der Waals surface area contributed by atoms with E-state index in [2.05, 4.69) is 10.6 Å². The van der Waals surface area contributed by atoms with Crippen LogP contribution in [0.2, 0.25) is 0 Å². The first kappa shape index (κ1) is 21.2. The Morgan fingerprint density at radius 3 is 2.56 bits per heavy atom. The van der Waals surface area contributed by atoms with Gasteiger partial charge in [-0.15, -0.1) is 0 Å². The van der Waals surface area contributed by atoms with E-state index in [4.69, 9.17) is 9.47 Å². The van der Waals surface area contributed by atoms with Gasteiger partial charge < -0.3 is 25.0 Å². The summed E-state index contributed by atoms with van der Waals surface area (Å²) in [7, 11) is 0. The van der Waals surface area contributed by atoms with Crippen LogP contribution in [0, 0.1) is 6.92 Å². The molecule has 1 aliphatic rings. The fourth-order valence-electron chi connectivity index (χ4n) is 3.49. The summed E-state index contributed by atoms with van der Waals surface area (Å²) in [5, 5.41) is 5.56. The molecule has 0 radical (unpaired) electrons. The van der Waals surface area contributed by atoms with Crippen molar-refractivity contribution >= 4 is 29.0 Å². The van der Waals surface area contributed by atoms with Gasteiger partial charge in [-0.1, -0.05) is 30.3 Å². The quantitative estimate of drug-likeness (QED) is 0.586. The third-order valence-electron chi connectivity index (χ3n) is 5.03. The van der Waals surface area contributed by atoms with Gasteiger partial charge in [-0.05, 0) is 55.8 Å². The Morgan fingerprint density at radius 2 is 1.78 bits per heavy atom. The van der Waals surface area contributed by atoms with Crippen molar-refractivity contribution < 1.29 is 19.1 Å². The predicted octanol–water partition coefficient (Wildman–Crippen LogP) is 4.83. The molecule has 1 atom stereocenters. The van der Waals surface area contributed by atoms with E-state index in [9.17, 15) is 9.59 Å². The van der Waals surface area contributed by atoms with Crippen molar-refractivity contribution in [1.82, 2.24) is 0 Å². The molecule has 3 amide bonds. The zero-order valence-electron chi connectivity index (χ0n) is 18.0. The minimum atomic E-state index is -0.630. The minimum Gasteiger partial charge on any atom is -0.492 e. The third kappa shape index (κ3) is 5.00. The molecule has 32 heavy (non-hydrogen) atoms. The summed E-state index contributed by atoms with van der Waals surface area (Å²) in [6.45, 7) is 4.44. The van der Waals surface area contributed by atoms with Crippen LogP contribution >= 0.6 is 0 Å². The van der Waals surface area contributed by atoms with E-state index in [0.29, 0.717) is 36.0 Å². The van der Waals surface area contributed by atoms with Gasteiger partial charge in [-0.2, -0.15) is 0 Å². The second-order valence-electron chi connectivity index (χ2n) is 7.54. The molecule has 0 saturated heterocycles. The van der Waals surface area contributed by atoms with E-state index in [1.807, 2.05) is 49.4 Å². The highest BCUT2D eigenvalue weighted by molar-refractivity contribution is 6.02. The second kappa shape index (κ2) is 9.43. The Hall–Kier alpha value is -4.00. The number of anilines is 3. The summed E-state index contributed by atoms with van der Waals surface area (Å²) in [6, 6.07) is 21.8. The van der Waals surface area contributed by atoms with Crippen molar-refractivity contribution in [2.24, 2.45) is 0 Å². The van der Waals surface area contributed by atoms with Crippen molar-refractivity contribution in [2.45, 2.75) is 20.0 Å². The zero-order valence-corrected chi connectivity index (χ0v) is 18.0. The number of nitrogens with zero attached hydrogens (tertiary/aromatic N) is 1. The lowest BCUT2D eigenvalue weighted by Gasteiger charge is -2.33. The molecule has 164 valence electrons. The highest BCUT2D eigenvalue weighted by atomic mass is 16.5. The molecule has 1 heterocycles. The van der Waals surface area contributed by atoms with Gasteiger partial charge in [-0.3, -0.25) is 4.79 Å². The molecule has 1 aliphatic heterocycles. The standard InChI is InChI=1S/C25H25N3O4/c1-17-7-6-10-21(15-17)31-14-13-28-22-12-11-20(16-23(22)32-18(2)24(28)29)27-25(30)26-19-8-4-3-5-9-19/h3-12,15-16,18H,13-14H2,1-2H3,(H2,26,27,30). The van der Waals surface area contributed by atoms with Gasteiger partial charge in [0.05, 0.1) is 12.2 Å². The molecular formula is C25H25N3O4. The Labute approximate surface area is 187 Å². The number of hydrogen-bond donors (Lipinski definition) is 2. The first-order chi connectivity index (χ1) is 15.5. The Balaban J connectivity index is 1.43. The van der Waals surface area contributed by atoms with Crippen molar-refractivity contribution in [3.05, 3.63) is 78.4 Å². The minimum absolute atomic E-state index is 0.132. The number of para-hydroxylation sites is 1. The van der Waals surface area contributed by atoms with Gasteiger partial charge in [0.25, 0.3) is 5.91 Å². The molecule has 3 aromatic carbocycles. The molecule has 0 spiro atoms. The van der Waals surface area contributed by atoms with Crippen LogP contribution in [0.15, 0.2) is 72.8 Å². The predicted molar refractivity (Wildman–Crippen MR) is 125 cm³/mol. The monoisotopic (exact) mass is 431 g/mol. The van der Waals surface area contributed by atoms with E-state index in [1.165, 1.54) is 0 Å². The molecule has 7 nitrogen and oxygen atoms in total. The van der Waals surface area contributed by atoms with E-state index < -0.39 is 6.10 Å². The first-order valence-corrected chi connectivity index (χ1v) is 10.4. The number of urea groups is 1. The number of carbonyl (C=O) groups excluding carboxylic acids is 2. The van der Waals surface area contributed by atoms with Crippen LogP contribution in [0.5, 0.6) is 11.5 Å². The summed E-state index contributed by atoms with van der Waals surface area (Å²) in [4.78, 5) is 26.7. The lowest BCUT2D eigenvalue weighted by atomic mass is 10.1. The van der Waals surface area contributed by atoms with E-state index in [1.54, 1.807) is 42.2 Å². The van der Waals surface area contributed by atoms with Gasteiger partial charge in [0.2, 0.25) is 0 Å². The molecular weight excluding hydrogens is 406 g/mol. The summed E-state index contributed by atoms with van der Waals surface area (Å²) >= 11 is 0. The maximum atomic E-state index is 12.7. The molecule has 0 saturated carbocycles. The molecule has 0 aromatic heterocycles. The second-order valence-corrected chi connectivity index (χ2v) is 7.54. The third-order valence-corrected chi connectivity index (χ3v) is 5.03. The molecule has 0 fully saturated rings. The number of ether oxygens (including phenoxy) is 2. The lowest BCUT2D eigenvalue weighted by Crippen LogP contribution is -2.46. The molecule has 1 unspecified atom stereocenters. The average Bonchev–Trinajstić information content (AvgIpc) is 2.77. The Bertz CT molecular complexity index is 1120. The van der Waals surface area contributed by atoms with Gasteiger partial charge in [0.1, 0.15) is 18.1 Å². The Kier molecular flexibility index (Phi) is 6.26. The number of amides is 3. The number of hydrogen-bond acceptors (Lipinski definition) is 4. The molecule has 4 rings (SSSR count). The van der Waals surface area contributed by atoms with Crippen molar-refractivity contribution in [2.75, 3.05) is 28.7 Å². The van der Waals surface area contributed by atoms with E-state index in [0.717, 1.165) is 11.3 Å². The molecule has 2 N–H and O–H groups in total. The van der Waals surface area contributed by atoms with E-state index >= 15 is 0 Å². The molecule has 0 bridgehead atoms. The largest absolute Gasteiger partial charge is 0.492 e. The van der Waals surface area contributed by atoms with Gasteiger partial charge in [0, 0.05) is 17.4 Å². The van der Waals surface area contributed by atoms with Crippen molar-refractivity contribution in [1.29, 1.82) is 0 Å². The van der Waals surface area contributed by atoms with Crippen LogP contribution in [-0.4, -0.2) is 31.2 Å². The summed E-state index contributed by atoms with van der Waals surface area (Å²) in [5.41, 5.74) is 3.02. The maximum absolute atomic E-state index is 12.7. The highest BCUT2D eigenvalue weighted by Crippen LogP contribution is 2.36. The van der Waals surface area contributed by atoms with Crippen LogP contribution in [0.4, 0.5) is 21.9 Å². The number of carbonyl (C=O) groups is 2. The van der Waals surface area contributed by atoms with Gasteiger partial charge in [0.15, 0.2) is 6.10 Å². The van der Waals surface area contributed by atoms with Crippen molar-refractivity contribution in [3.63, 3.8) is 0 Å². The smallest absolute Gasteiger partial charge is 0.323 e. The van der Waals surface area contributed by atoms with Crippen LogP contribution in [0.25, 0.3) is 0 Å². The first-order valence-electron chi connectivity index (χ1n) is 10.4. The summed E-state index contributed by atoms with van der Waals surface area (Å²) in [6.07, 6.45) is -0.630. The number of rotatable bonds is 6. The fourth-order valence-corrected chi connectivity index (χ4v) is 3.49. The number of nitrogens with one attached hydrogen (secondary N) is 2. The van der Waals surface area contributed by atoms with E-state index in [-0.39, 0.29) is 11.9 Å². The number of fused-ring (bicyclic) bond motifs is 1. The SMILES string of the molecule is Cc1cccc(OCCN2C(=O)C(C)Oc3cc(NC(=O)Nc4ccccc4)ccc32)c1. The van der Waals surface area contributed by atoms with Crippen LogP contribution in [0.1, 0.15) is 12.5 Å². The summed E-state index contributed by atoms with van der Waals surface area (Å²) in [5.74, 6) is 1.17. The van der Waals surface area contributed by atoms with Crippen LogP contribution in [0.3, 0.4) is 0 Å². The summed E-state index contributed by atoms with van der Waals surface area (Å²) < 4.78 is 11.6.